The van der Waals surface area contributed by atoms with Crippen molar-refractivity contribution in [3.8, 4) is 0 Å². The molecule has 0 amide bonds. The second-order valence-electron chi connectivity index (χ2n) is 6.62. The van der Waals surface area contributed by atoms with E-state index in [9.17, 15) is 8.42 Å². The molecule has 1 fully saturated rings. The van der Waals surface area contributed by atoms with Gasteiger partial charge in [0.2, 0.25) is 0 Å². The largest absolute Gasteiger partial charge is 0.372 e. The molecule has 0 bridgehead atoms. The zero-order chi connectivity index (χ0) is 18.6. The Balaban J connectivity index is 1.81. The first kappa shape index (κ1) is 19.0. The standard InChI is InChI=1S/C20H25NO4S/c1-16(17-9-5-3-6-10-17)21-13-14-24-19(15-21)20(25-26(2,22)23)18-11-7-4-8-12-18/h3-12,16,19-20H,13-15H2,1-2H3. The molecule has 0 N–H and O–H groups in total. The molecule has 3 rings (SSSR count). The van der Waals surface area contributed by atoms with Gasteiger partial charge in [-0.05, 0) is 18.1 Å². The summed E-state index contributed by atoms with van der Waals surface area (Å²) in [5.41, 5.74) is 2.03. The Morgan fingerprint density at radius 3 is 2.19 bits per heavy atom. The van der Waals surface area contributed by atoms with Crippen LogP contribution in [0.15, 0.2) is 60.7 Å². The third-order valence-corrected chi connectivity index (χ3v) is 5.26. The molecule has 3 unspecified atom stereocenters. The van der Waals surface area contributed by atoms with E-state index in [4.69, 9.17) is 8.92 Å². The van der Waals surface area contributed by atoms with Gasteiger partial charge in [-0.1, -0.05) is 60.7 Å². The lowest BCUT2D eigenvalue weighted by atomic mass is 10.0. The predicted molar refractivity (Wildman–Crippen MR) is 101 cm³/mol. The van der Waals surface area contributed by atoms with Gasteiger partial charge in [-0.3, -0.25) is 9.08 Å². The van der Waals surface area contributed by atoms with Crippen molar-refractivity contribution in [3.05, 3.63) is 71.8 Å². The Bertz CT molecular complexity index is 795. The van der Waals surface area contributed by atoms with E-state index in [0.717, 1.165) is 18.4 Å². The third-order valence-electron chi connectivity index (χ3n) is 4.70. The average Bonchev–Trinajstić information content (AvgIpc) is 2.66. The minimum atomic E-state index is -3.61. The fourth-order valence-corrected chi connectivity index (χ4v) is 3.95. The second kappa shape index (κ2) is 8.31. The molecule has 0 saturated carbocycles. The Kier molecular flexibility index (Phi) is 6.09. The monoisotopic (exact) mass is 375 g/mol. The highest BCUT2D eigenvalue weighted by Crippen LogP contribution is 2.30. The van der Waals surface area contributed by atoms with E-state index in [-0.39, 0.29) is 12.1 Å². The summed E-state index contributed by atoms with van der Waals surface area (Å²) in [6.45, 7) is 4.10. The number of morpholine rings is 1. The SMILES string of the molecule is CC(c1ccccc1)N1CCOC(C(OS(C)(=O)=O)c2ccccc2)C1. The van der Waals surface area contributed by atoms with E-state index in [0.29, 0.717) is 13.2 Å². The third kappa shape index (κ3) is 4.92. The van der Waals surface area contributed by atoms with E-state index in [2.05, 4.69) is 24.0 Å². The van der Waals surface area contributed by atoms with Crippen molar-refractivity contribution in [1.29, 1.82) is 0 Å². The van der Waals surface area contributed by atoms with Crippen LogP contribution in [-0.4, -0.2) is 45.4 Å². The van der Waals surface area contributed by atoms with Gasteiger partial charge < -0.3 is 4.74 Å². The zero-order valence-electron chi connectivity index (χ0n) is 15.1. The molecule has 1 heterocycles. The molecule has 0 aromatic heterocycles. The van der Waals surface area contributed by atoms with Gasteiger partial charge in [0.15, 0.2) is 0 Å². The highest BCUT2D eigenvalue weighted by atomic mass is 32.2. The van der Waals surface area contributed by atoms with Gasteiger partial charge in [-0.15, -0.1) is 0 Å². The Hall–Kier alpha value is -1.73. The fraction of sp³-hybridized carbons (Fsp3) is 0.400. The number of benzene rings is 2. The van der Waals surface area contributed by atoms with Crippen LogP contribution in [0.1, 0.15) is 30.2 Å². The Labute approximate surface area is 155 Å². The Morgan fingerprint density at radius 2 is 1.62 bits per heavy atom. The summed E-state index contributed by atoms with van der Waals surface area (Å²) < 4.78 is 34.9. The van der Waals surface area contributed by atoms with Crippen LogP contribution in [0.25, 0.3) is 0 Å². The first-order chi connectivity index (χ1) is 12.4. The molecule has 2 aromatic rings. The Morgan fingerprint density at radius 1 is 1.04 bits per heavy atom. The van der Waals surface area contributed by atoms with Crippen molar-refractivity contribution < 1.29 is 17.3 Å². The lowest BCUT2D eigenvalue weighted by Crippen LogP contribution is -2.46. The zero-order valence-corrected chi connectivity index (χ0v) is 15.9. The summed E-state index contributed by atoms with van der Waals surface area (Å²) in [4.78, 5) is 2.31. The molecule has 3 atom stereocenters. The minimum Gasteiger partial charge on any atom is -0.372 e. The maximum absolute atomic E-state index is 11.8. The minimum absolute atomic E-state index is 0.220. The van der Waals surface area contributed by atoms with E-state index >= 15 is 0 Å². The smallest absolute Gasteiger partial charge is 0.265 e. The summed E-state index contributed by atoms with van der Waals surface area (Å²) >= 11 is 0. The van der Waals surface area contributed by atoms with E-state index in [1.807, 2.05) is 48.5 Å². The first-order valence-corrected chi connectivity index (χ1v) is 10.6. The molecule has 1 saturated heterocycles. The summed E-state index contributed by atoms with van der Waals surface area (Å²) in [7, 11) is -3.61. The van der Waals surface area contributed by atoms with Crippen molar-refractivity contribution >= 4 is 10.1 Å². The van der Waals surface area contributed by atoms with Crippen LogP contribution in [0.3, 0.4) is 0 Å². The molecule has 1 aliphatic heterocycles. The molecule has 0 spiro atoms. The number of ether oxygens (including phenoxy) is 1. The van der Waals surface area contributed by atoms with Gasteiger partial charge in [-0.25, -0.2) is 0 Å². The summed E-state index contributed by atoms with van der Waals surface area (Å²) in [6.07, 6.45) is 0.0693. The van der Waals surface area contributed by atoms with Gasteiger partial charge in [-0.2, -0.15) is 8.42 Å². The van der Waals surface area contributed by atoms with Crippen LogP contribution in [-0.2, 0) is 19.0 Å². The highest BCUT2D eigenvalue weighted by Gasteiger charge is 2.34. The molecule has 5 nitrogen and oxygen atoms in total. The van der Waals surface area contributed by atoms with Crippen molar-refractivity contribution in [1.82, 2.24) is 4.90 Å². The molecule has 1 aliphatic rings. The maximum Gasteiger partial charge on any atom is 0.265 e. The van der Waals surface area contributed by atoms with Crippen LogP contribution < -0.4 is 0 Å². The van der Waals surface area contributed by atoms with Crippen molar-refractivity contribution in [2.24, 2.45) is 0 Å². The lowest BCUT2D eigenvalue weighted by molar-refractivity contribution is -0.0889. The summed E-state index contributed by atoms with van der Waals surface area (Å²) in [5, 5.41) is 0. The number of hydrogen-bond acceptors (Lipinski definition) is 5. The predicted octanol–water partition coefficient (Wildman–Crippen LogP) is 3.17. The van der Waals surface area contributed by atoms with Crippen LogP contribution in [0.4, 0.5) is 0 Å². The van der Waals surface area contributed by atoms with E-state index in [1.54, 1.807) is 0 Å². The van der Waals surface area contributed by atoms with Crippen LogP contribution in [0.2, 0.25) is 0 Å². The van der Waals surface area contributed by atoms with Crippen molar-refractivity contribution in [3.63, 3.8) is 0 Å². The van der Waals surface area contributed by atoms with Crippen LogP contribution >= 0.6 is 0 Å². The fourth-order valence-electron chi connectivity index (χ4n) is 3.34. The maximum atomic E-state index is 11.8. The quantitative estimate of drug-likeness (QED) is 0.726. The van der Waals surface area contributed by atoms with Gasteiger partial charge in [0.25, 0.3) is 10.1 Å². The van der Waals surface area contributed by atoms with Crippen molar-refractivity contribution in [2.75, 3.05) is 26.0 Å². The number of hydrogen-bond donors (Lipinski definition) is 0. The molecule has 140 valence electrons. The molecule has 6 heteroatoms. The second-order valence-corrected chi connectivity index (χ2v) is 8.22. The van der Waals surface area contributed by atoms with E-state index in [1.165, 1.54) is 5.56 Å². The molecule has 0 radical (unpaired) electrons. The van der Waals surface area contributed by atoms with Gasteiger partial charge in [0, 0.05) is 19.1 Å². The van der Waals surface area contributed by atoms with Gasteiger partial charge >= 0.3 is 0 Å². The first-order valence-electron chi connectivity index (χ1n) is 8.78. The number of nitrogens with zero attached hydrogens (tertiary/aromatic N) is 1. The van der Waals surface area contributed by atoms with Gasteiger partial charge in [0.1, 0.15) is 12.2 Å². The number of rotatable bonds is 6. The average molecular weight is 375 g/mol. The van der Waals surface area contributed by atoms with Gasteiger partial charge in [0.05, 0.1) is 12.9 Å². The van der Waals surface area contributed by atoms with Crippen LogP contribution in [0.5, 0.6) is 0 Å². The van der Waals surface area contributed by atoms with Crippen molar-refractivity contribution in [2.45, 2.75) is 25.2 Å². The lowest BCUT2D eigenvalue weighted by Gasteiger charge is -2.39. The highest BCUT2D eigenvalue weighted by molar-refractivity contribution is 7.86. The molecule has 2 aromatic carbocycles. The molecule has 0 aliphatic carbocycles. The normalized spacial score (nSPS) is 21.2. The summed E-state index contributed by atoms with van der Waals surface area (Å²) in [6, 6.07) is 19.9. The molecular weight excluding hydrogens is 350 g/mol. The van der Waals surface area contributed by atoms with Crippen LogP contribution in [0, 0.1) is 0 Å². The molecular formula is C20H25NO4S. The molecule has 26 heavy (non-hydrogen) atoms. The summed E-state index contributed by atoms with van der Waals surface area (Å²) in [5.74, 6) is 0. The van der Waals surface area contributed by atoms with E-state index < -0.39 is 16.2 Å². The topological polar surface area (TPSA) is 55.8 Å².